The van der Waals surface area contributed by atoms with Gasteiger partial charge in [0.05, 0.1) is 6.61 Å². The molecule has 0 saturated carbocycles. The first kappa shape index (κ1) is 14.9. The third-order valence-electron chi connectivity index (χ3n) is 3.17. The maximum absolute atomic E-state index is 9.31. The van der Waals surface area contributed by atoms with Crippen LogP contribution in [0.2, 0.25) is 5.02 Å². The number of unbranched alkanes of at least 4 members (excludes halogenated alkanes) is 1. The van der Waals surface area contributed by atoms with Crippen LogP contribution in [0.5, 0.6) is 11.5 Å². The number of benzene rings is 2. The monoisotopic (exact) mass is 290 g/mol. The van der Waals surface area contributed by atoms with E-state index in [0.717, 1.165) is 17.7 Å². The molecule has 0 aromatic heterocycles. The Kier molecular flexibility index (Phi) is 5.45. The lowest BCUT2D eigenvalue weighted by molar-refractivity contribution is 0.276. The van der Waals surface area contributed by atoms with E-state index in [1.807, 2.05) is 12.1 Å². The summed E-state index contributed by atoms with van der Waals surface area (Å²) in [6.07, 6.45) is 3.49. The van der Waals surface area contributed by atoms with E-state index in [2.05, 4.69) is 19.1 Å². The summed E-state index contributed by atoms with van der Waals surface area (Å²) in [5.74, 6) is 1.35. The van der Waals surface area contributed by atoms with E-state index in [-0.39, 0.29) is 6.61 Å². The molecule has 0 saturated heterocycles. The molecule has 3 heteroatoms. The second-order valence-electron chi connectivity index (χ2n) is 4.76. The van der Waals surface area contributed by atoms with E-state index >= 15 is 0 Å². The van der Waals surface area contributed by atoms with Crippen molar-refractivity contribution < 1.29 is 9.84 Å². The van der Waals surface area contributed by atoms with Gasteiger partial charge in [0.25, 0.3) is 0 Å². The predicted molar refractivity (Wildman–Crippen MR) is 82.5 cm³/mol. The topological polar surface area (TPSA) is 29.5 Å². The van der Waals surface area contributed by atoms with Gasteiger partial charge >= 0.3 is 0 Å². The molecule has 2 aromatic rings. The van der Waals surface area contributed by atoms with Gasteiger partial charge in [-0.25, -0.2) is 0 Å². The first-order chi connectivity index (χ1) is 9.72. The first-order valence-electron chi connectivity index (χ1n) is 6.89. The zero-order valence-electron chi connectivity index (χ0n) is 11.6. The predicted octanol–water partition coefficient (Wildman–Crippen LogP) is 4.97. The smallest absolute Gasteiger partial charge is 0.134 e. The number of hydrogen-bond donors (Lipinski definition) is 1. The summed E-state index contributed by atoms with van der Waals surface area (Å²) in [6, 6.07) is 13.3. The maximum Gasteiger partial charge on any atom is 0.134 e. The Hall–Kier alpha value is -1.51. The summed E-state index contributed by atoms with van der Waals surface area (Å²) in [7, 11) is 0. The quantitative estimate of drug-likeness (QED) is 0.814. The molecule has 0 aliphatic heterocycles. The molecule has 0 atom stereocenters. The van der Waals surface area contributed by atoms with E-state index < -0.39 is 0 Å². The number of halogens is 1. The lowest BCUT2D eigenvalue weighted by Gasteiger charge is -2.10. The molecule has 0 unspecified atom stereocenters. The number of aliphatic hydroxyl groups is 1. The third-order valence-corrected chi connectivity index (χ3v) is 3.40. The summed E-state index contributed by atoms with van der Waals surface area (Å²) < 4.78 is 5.80. The lowest BCUT2D eigenvalue weighted by atomic mass is 10.1. The van der Waals surface area contributed by atoms with Crippen molar-refractivity contribution in [2.45, 2.75) is 32.8 Å². The number of ether oxygens (including phenoxy) is 1. The van der Waals surface area contributed by atoms with E-state index in [1.54, 1.807) is 18.2 Å². The molecule has 0 aliphatic carbocycles. The molecule has 1 N–H and O–H groups in total. The minimum atomic E-state index is -0.0684. The van der Waals surface area contributed by atoms with Crippen LogP contribution < -0.4 is 4.74 Å². The fourth-order valence-electron chi connectivity index (χ4n) is 1.99. The maximum atomic E-state index is 9.31. The SMILES string of the molecule is CCCCc1ccc(Oc2cc(Cl)ccc2CO)cc1. The van der Waals surface area contributed by atoms with Crippen molar-refractivity contribution in [3.05, 3.63) is 58.6 Å². The average molecular weight is 291 g/mol. The molecule has 0 amide bonds. The molecule has 0 heterocycles. The van der Waals surface area contributed by atoms with E-state index in [4.69, 9.17) is 16.3 Å². The Labute approximate surface area is 125 Å². The van der Waals surface area contributed by atoms with Gasteiger partial charge in [-0.05, 0) is 42.7 Å². The highest BCUT2D eigenvalue weighted by molar-refractivity contribution is 6.30. The first-order valence-corrected chi connectivity index (χ1v) is 7.27. The van der Waals surface area contributed by atoms with Crippen molar-refractivity contribution in [3.63, 3.8) is 0 Å². The molecule has 0 spiro atoms. The Balaban J connectivity index is 2.11. The van der Waals surface area contributed by atoms with Crippen molar-refractivity contribution in [3.8, 4) is 11.5 Å². The van der Waals surface area contributed by atoms with Gasteiger partial charge in [-0.1, -0.05) is 43.1 Å². The summed E-state index contributed by atoms with van der Waals surface area (Å²) in [5, 5.41) is 9.90. The highest BCUT2D eigenvalue weighted by atomic mass is 35.5. The molecule has 2 nitrogen and oxygen atoms in total. The van der Waals surface area contributed by atoms with Gasteiger partial charge in [-0.3, -0.25) is 0 Å². The Morgan fingerprint density at radius 2 is 1.85 bits per heavy atom. The van der Waals surface area contributed by atoms with Crippen molar-refractivity contribution >= 4 is 11.6 Å². The van der Waals surface area contributed by atoms with Crippen LogP contribution in [-0.2, 0) is 13.0 Å². The summed E-state index contributed by atoms with van der Waals surface area (Å²) >= 11 is 5.96. The fourth-order valence-corrected chi connectivity index (χ4v) is 2.15. The van der Waals surface area contributed by atoms with Crippen molar-refractivity contribution in [1.29, 1.82) is 0 Å². The van der Waals surface area contributed by atoms with Gasteiger partial charge in [0, 0.05) is 10.6 Å². The van der Waals surface area contributed by atoms with Crippen molar-refractivity contribution in [2.24, 2.45) is 0 Å². The van der Waals surface area contributed by atoms with Crippen LogP contribution >= 0.6 is 11.6 Å². The van der Waals surface area contributed by atoms with E-state index in [9.17, 15) is 5.11 Å². The third kappa shape index (κ3) is 3.99. The number of aryl methyl sites for hydroxylation is 1. The second kappa shape index (κ2) is 7.32. The number of aliphatic hydroxyl groups excluding tert-OH is 1. The minimum absolute atomic E-state index is 0.0684. The molecule has 0 radical (unpaired) electrons. The van der Waals surface area contributed by atoms with Crippen molar-refractivity contribution in [1.82, 2.24) is 0 Å². The van der Waals surface area contributed by atoms with Crippen LogP contribution in [0.25, 0.3) is 0 Å². The van der Waals surface area contributed by atoms with Crippen molar-refractivity contribution in [2.75, 3.05) is 0 Å². The second-order valence-corrected chi connectivity index (χ2v) is 5.20. The summed E-state index contributed by atoms with van der Waals surface area (Å²) in [4.78, 5) is 0. The van der Waals surface area contributed by atoms with Gasteiger partial charge in [0.15, 0.2) is 0 Å². The van der Waals surface area contributed by atoms with Crippen LogP contribution in [0.3, 0.4) is 0 Å². The van der Waals surface area contributed by atoms with Gasteiger partial charge in [0.2, 0.25) is 0 Å². The molecule has 0 aliphatic rings. The zero-order chi connectivity index (χ0) is 14.4. The molecule has 0 fully saturated rings. The normalized spacial score (nSPS) is 10.6. The molecular formula is C17H19ClO2. The molecule has 2 rings (SSSR count). The Bertz CT molecular complexity index is 549. The largest absolute Gasteiger partial charge is 0.457 e. The number of hydrogen-bond acceptors (Lipinski definition) is 2. The highest BCUT2D eigenvalue weighted by Gasteiger charge is 2.05. The van der Waals surface area contributed by atoms with Crippen LogP contribution in [0.15, 0.2) is 42.5 Å². The summed E-state index contributed by atoms with van der Waals surface area (Å²) in [6.45, 7) is 2.12. The van der Waals surface area contributed by atoms with Crippen LogP contribution in [-0.4, -0.2) is 5.11 Å². The lowest BCUT2D eigenvalue weighted by Crippen LogP contribution is -1.92. The van der Waals surface area contributed by atoms with Gasteiger partial charge in [-0.2, -0.15) is 0 Å². The zero-order valence-corrected chi connectivity index (χ0v) is 12.4. The average Bonchev–Trinajstić information content (AvgIpc) is 2.47. The fraction of sp³-hybridized carbons (Fsp3) is 0.294. The molecular weight excluding hydrogens is 272 g/mol. The standard InChI is InChI=1S/C17H19ClO2/c1-2-3-4-13-5-9-16(10-6-13)20-17-11-15(18)8-7-14(17)12-19/h5-11,19H,2-4,12H2,1H3. The Morgan fingerprint density at radius 1 is 1.10 bits per heavy atom. The van der Waals surface area contributed by atoms with Gasteiger partial charge < -0.3 is 9.84 Å². The summed E-state index contributed by atoms with van der Waals surface area (Å²) in [5.41, 5.74) is 2.04. The minimum Gasteiger partial charge on any atom is -0.457 e. The molecule has 0 bridgehead atoms. The van der Waals surface area contributed by atoms with Gasteiger partial charge in [0.1, 0.15) is 11.5 Å². The molecule has 2 aromatic carbocycles. The van der Waals surface area contributed by atoms with Crippen LogP contribution in [0.4, 0.5) is 0 Å². The van der Waals surface area contributed by atoms with Crippen LogP contribution in [0, 0.1) is 0 Å². The van der Waals surface area contributed by atoms with E-state index in [0.29, 0.717) is 10.8 Å². The number of rotatable bonds is 6. The molecule has 106 valence electrons. The van der Waals surface area contributed by atoms with E-state index in [1.165, 1.54) is 18.4 Å². The van der Waals surface area contributed by atoms with Crippen LogP contribution in [0.1, 0.15) is 30.9 Å². The Morgan fingerprint density at radius 3 is 2.50 bits per heavy atom. The molecule has 20 heavy (non-hydrogen) atoms. The highest BCUT2D eigenvalue weighted by Crippen LogP contribution is 2.28. The van der Waals surface area contributed by atoms with Gasteiger partial charge in [-0.15, -0.1) is 0 Å².